The fourth-order valence-corrected chi connectivity index (χ4v) is 3.06. The molecule has 23 heavy (non-hydrogen) atoms. The minimum absolute atomic E-state index is 0.118. The summed E-state index contributed by atoms with van der Waals surface area (Å²) in [6.07, 6.45) is 0.840. The molecule has 0 unspecified atom stereocenters. The van der Waals surface area contributed by atoms with E-state index in [1.165, 1.54) is 6.07 Å². The van der Waals surface area contributed by atoms with Crippen LogP contribution in [0.3, 0.4) is 0 Å². The number of hydrogen-bond acceptors (Lipinski definition) is 5. The van der Waals surface area contributed by atoms with E-state index in [1.54, 1.807) is 26.4 Å². The lowest BCUT2D eigenvalue weighted by molar-refractivity contribution is -0.385. The van der Waals surface area contributed by atoms with Gasteiger partial charge in [0.25, 0.3) is 5.69 Å². The van der Waals surface area contributed by atoms with Gasteiger partial charge in [-0.1, -0.05) is 18.2 Å². The maximum atomic E-state index is 11.3. The number of nitrogens with zero attached hydrogens (tertiary/aromatic N) is 1. The van der Waals surface area contributed by atoms with Gasteiger partial charge in [0, 0.05) is 12.6 Å². The summed E-state index contributed by atoms with van der Waals surface area (Å²) in [5, 5.41) is 14.7. The lowest BCUT2D eigenvalue weighted by Gasteiger charge is -2.28. The smallest absolute Gasteiger partial charge is 0.274 e. The number of benzene rings is 2. The van der Waals surface area contributed by atoms with E-state index in [9.17, 15) is 10.1 Å². The summed E-state index contributed by atoms with van der Waals surface area (Å²) in [5.74, 6) is 1.30. The second-order valence-corrected chi connectivity index (χ2v) is 5.36. The van der Waals surface area contributed by atoms with E-state index in [0.717, 1.165) is 24.1 Å². The number of nitro groups is 1. The summed E-state index contributed by atoms with van der Waals surface area (Å²) in [6.45, 7) is 0.749. The molecule has 0 radical (unpaired) electrons. The molecule has 0 saturated heterocycles. The van der Waals surface area contributed by atoms with Crippen LogP contribution in [0.4, 0.5) is 5.69 Å². The molecule has 0 aromatic heterocycles. The molecule has 120 valence electrons. The van der Waals surface area contributed by atoms with E-state index in [2.05, 4.69) is 5.32 Å². The zero-order valence-corrected chi connectivity index (χ0v) is 13.0. The molecule has 2 aromatic rings. The second-order valence-electron chi connectivity index (χ2n) is 5.36. The standard InChI is InChI=1S/C17H18N2O4/c1-22-15-9-11-7-8-18-17(13(11)10-16(15)23-2)12-5-3-4-6-14(12)19(20)21/h3-6,9-10,17-18H,7-8H2,1-2H3/t17-/m1/s1. The topological polar surface area (TPSA) is 73.6 Å². The van der Waals surface area contributed by atoms with Crippen molar-refractivity contribution in [2.24, 2.45) is 0 Å². The molecule has 2 aromatic carbocycles. The Bertz CT molecular complexity index is 745. The van der Waals surface area contributed by atoms with E-state index in [0.29, 0.717) is 17.1 Å². The molecular weight excluding hydrogens is 296 g/mol. The molecule has 6 nitrogen and oxygen atoms in total. The van der Waals surface area contributed by atoms with E-state index in [4.69, 9.17) is 9.47 Å². The van der Waals surface area contributed by atoms with Gasteiger partial charge < -0.3 is 14.8 Å². The van der Waals surface area contributed by atoms with Crippen molar-refractivity contribution in [2.75, 3.05) is 20.8 Å². The van der Waals surface area contributed by atoms with Gasteiger partial charge in [-0.2, -0.15) is 0 Å². The molecule has 0 saturated carbocycles. The Balaban J connectivity index is 2.14. The fraction of sp³-hybridized carbons (Fsp3) is 0.294. The maximum Gasteiger partial charge on any atom is 0.274 e. The van der Waals surface area contributed by atoms with Crippen molar-refractivity contribution in [3.8, 4) is 11.5 Å². The molecule has 3 rings (SSSR count). The lowest BCUT2D eigenvalue weighted by Crippen LogP contribution is -2.31. The molecule has 6 heteroatoms. The predicted molar refractivity (Wildman–Crippen MR) is 86.2 cm³/mol. The van der Waals surface area contributed by atoms with E-state index in [1.807, 2.05) is 18.2 Å². The molecule has 1 atom stereocenters. The third kappa shape index (κ3) is 2.73. The monoisotopic (exact) mass is 314 g/mol. The van der Waals surface area contributed by atoms with Crippen molar-refractivity contribution in [3.63, 3.8) is 0 Å². The van der Waals surface area contributed by atoms with Crippen molar-refractivity contribution in [2.45, 2.75) is 12.5 Å². The highest BCUT2D eigenvalue weighted by molar-refractivity contribution is 5.54. The van der Waals surface area contributed by atoms with Crippen LogP contribution in [-0.2, 0) is 6.42 Å². The van der Waals surface area contributed by atoms with Crippen molar-refractivity contribution in [1.82, 2.24) is 5.32 Å². The number of methoxy groups -OCH3 is 2. The van der Waals surface area contributed by atoms with Gasteiger partial charge in [-0.15, -0.1) is 0 Å². The Morgan fingerprint density at radius 3 is 2.52 bits per heavy atom. The predicted octanol–water partition coefficient (Wildman–Crippen LogP) is 2.85. The number of nitrogens with one attached hydrogen (secondary N) is 1. The normalized spacial score (nSPS) is 16.5. The molecule has 1 N–H and O–H groups in total. The van der Waals surface area contributed by atoms with E-state index in [-0.39, 0.29) is 16.7 Å². The number of para-hydroxylation sites is 1. The van der Waals surface area contributed by atoms with Gasteiger partial charge in [-0.25, -0.2) is 0 Å². The minimum Gasteiger partial charge on any atom is -0.493 e. The first-order valence-electron chi connectivity index (χ1n) is 7.37. The Hall–Kier alpha value is -2.60. The highest BCUT2D eigenvalue weighted by atomic mass is 16.6. The lowest BCUT2D eigenvalue weighted by atomic mass is 9.88. The summed E-state index contributed by atoms with van der Waals surface area (Å²) in [4.78, 5) is 11.0. The zero-order chi connectivity index (χ0) is 16.4. The first-order chi connectivity index (χ1) is 11.2. The molecule has 1 aliphatic heterocycles. The first kappa shape index (κ1) is 15.3. The van der Waals surface area contributed by atoms with Gasteiger partial charge in [-0.3, -0.25) is 10.1 Å². The molecule has 1 aliphatic rings. The summed E-state index contributed by atoms with van der Waals surface area (Å²) in [7, 11) is 3.19. The number of fused-ring (bicyclic) bond motifs is 1. The van der Waals surface area contributed by atoms with Crippen LogP contribution in [0.15, 0.2) is 36.4 Å². The minimum atomic E-state index is -0.341. The van der Waals surface area contributed by atoms with Crippen molar-refractivity contribution in [1.29, 1.82) is 0 Å². The molecule has 0 bridgehead atoms. The van der Waals surface area contributed by atoms with Crippen molar-refractivity contribution < 1.29 is 14.4 Å². The zero-order valence-electron chi connectivity index (χ0n) is 13.0. The van der Waals surface area contributed by atoms with Gasteiger partial charge in [0.1, 0.15) is 0 Å². The molecule has 0 aliphatic carbocycles. The molecule has 0 fully saturated rings. The third-order valence-corrected chi connectivity index (χ3v) is 4.14. The maximum absolute atomic E-state index is 11.3. The fourth-order valence-electron chi connectivity index (χ4n) is 3.06. The summed E-state index contributed by atoms with van der Waals surface area (Å²) in [5.41, 5.74) is 2.88. The number of hydrogen-bond donors (Lipinski definition) is 1. The summed E-state index contributed by atoms with van der Waals surface area (Å²) < 4.78 is 10.7. The van der Waals surface area contributed by atoms with Crippen LogP contribution >= 0.6 is 0 Å². The van der Waals surface area contributed by atoms with Crippen LogP contribution in [0.5, 0.6) is 11.5 Å². The largest absolute Gasteiger partial charge is 0.493 e. The first-order valence-corrected chi connectivity index (χ1v) is 7.37. The highest BCUT2D eigenvalue weighted by Gasteiger charge is 2.28. The molecule has 0 amide bonds. The quantitative estimate of drug-likeness (QED) is 0.694. The Labute approximate surface area is 134 Å². The van der Waals surface area contributed by atoms with E-state index < -0.39 is 0 Å². The highest BCUT2D eigenvalue weighted by Crippen LogP contribution is 2.39. The average molecular weight is 314 g/mol. The molecular formula is C17H18N2O4. The van der Waals surface area contributed by atoms with Gasteiger partial charge in [-0.05, 0) is 29.7 Å². The van der Waals surface area contributed by atoms with E-state index >= 15 is 0 Å². The van der Waals surface area contributed by atoms with Gasteiger partial charge in [0.05, 0.1) is 30.7 Å². The Morgan fingerprint density at radius 1 is 1.13 bits per heavy atom. The average Bonchev–Trinajstić information content (AvgIpc) is 2.59. The van der Waals surface area contributed by atoms with Crippen LogP contribution in [-0.4, -0.2) is 25.7 Å². The van der Waals surface area contributed by atoms with Crippen LogP contribution in [0.1, 0.15) is 22.7 Å². The summed E-state index contributed by atoms with van der Waals surface area (Å²) in [6, 6.07) is 10.4. The van der Waals surface area contributed by atoms with Gasteiger partial charge in [0.15, 0.2) is 11.5 Å². The van der Waals surface area contributed by atoms with Crippen molar-refractivity contribution in [3.05, 3.63) is 63.2 Å². The molecule has 1 heterocycles. The number of nitro benzene ring substituents is 1. The number of ether oxygens (including phenoxy) is 2. The summed E-state index contributed by atoms with van der Waals surface area (Å²) >= 11 is 0. The van der Waals surface area contributed by atoms with Crippen LogP contribution in [0.2, 0.25) is 0 Å². The number of rotatable bonds is 4. The van der Waals surface area contributed by atoms with Gasteiger partial charge in [0.2, 0.25) is 0 Å². The van der Waals surface area contributed by atoms with Crippen LogP contribution in [0.25, 0.3) is 0 Å². The SMILES string of the molecule is COc1cc2c(cc1OC)[C@@H](c1ccccc1[N+](=O)[O-])NCC2. The third-order valence-electron chi connectivity index (χ3n) is 4.14. The van der Waals surface area contributed by atoms with Crippen molar-refractivity contribution >= 4 is 5.69 Å². The molecule has 0 spiro atoms. The van der Waals surface area contributed by atoms with Crippen LogP contribution < -0.4 is 14.8 Å². The Morgan fingerprint density at radius 2 is 1.83 bits per heavy atom. The van der Waals surface area contributed by atoms with Gasteiger partial charge >= 0.3 is 0 Å². The van der Waals surface area contributed by atoms with Crippen LogP contribution in [0, 0.1) is 10.1 Å². The second kappa shape index (κ2) is 6.26. The Kier molecular flexibility index (Phi) is 4.16.